The fourth-order valence-corrected chi connectivity index (χ4v) is 2.69. The van der Waals surface area contributed by atoms with Crippen LogP contribution in [0.4, 0.5) is 5.69 Å². The molecular formula is C14H12ClN5O4. The number of hydrogen-bond donors (Lipinski definition) is 0. The summed E-state index contributed by atoms with van der Waals surface area (Å²) in [5.41, 5.74) is 0.0629. The summed E-state index contributed by atoms with van der Waals surface area (Å²) in [6.45, 7) is 0.195. The molecule has 0 N–H and O–H groups in total. The van der Waals surface area contributed by atoms with Gasteiger partial charge in [-0.15, -0.1) is 0 Å². The Balaban J connectivity index is 2.17. The normalized spacial score (nSPS) is 11.1. The minimum atomic E-state index is -0.505. The van der Waals surface area contributed by atoms with Crippen LogP contribution in [0.15, 0.2) is 33.9 Å². The number of fused-ring (bicyclic) bond motifs is 1. The van der Waals surface area contributed by atoms with Crippen molar-refractivity contribution in [2.75, 3.05) is 0 Å². The third kappa shape index (κ3) is 2.38. The number of benzene rings is 1. The molecule has 3 aromatic rings. The molecular weight excluding hydrogens is 338 g/mol. The van der Waals surface area contributed by atoms with Gasteiger partial charge in [0, 0.05) is 26.2 Å². The number of halogens is 1. The Hall–Kier alpha value is -2.94. The predicted octanol–water partition coefficient (Wildman–Crippen LogP) is 1.04. The maximum atomic E-state index is 12.4. The lowest BCUT2D eigenvalue weighted by molar-refractivity contribution is -0.384. The number of aryl methyl sites for hydroxylation is 1. The number of non-ortho nitro benzene ring substituents is 1. The zero-order chi connectivity index (χ0) is 17.6. The largest absolute Gasteiger partial charge is 0.332 e. The first-order chi connectivity index (χ1) is 11.3. The molecule has 0 fully saturated rings. The van der Waals surface area contributed by atoms with Crippen LogP contribution in [0.3, 0.4) is 0 Å². The summed E-state index contributed by atoms with van der Waals surface area (Å²) in [5.74, 6) is 0. The Bertz CT molecular complexity index is 1080. The van der Waals surface area contributed by atoms with E-state index in [0.717, 1.165) is 4.57 Å². The average Bonchev–Trinajstić information content (AvgIpc) is 2.88. The summed E-state index contributed by atoms with van der Waals surface area (Å²) in [7, 11) is 2.88. The Morgan fingerprint density at radius 2 is 1.79 bits per heavy atom. The smallest absolute Gasteiger partial charge is 0.304 e. The van der Waals surface area contributed by atoms with Gasteiger partial charge in [0.2, 0.25) is 5.28 Å². The van der Waals surface area contributed by atoms with Crippen LogP contribution in [-0.4, -0.2) is 23.6 Å². The average molecular weight is 350 g/mol. The van der Waals surface area contributed by atoms with E-state index in [4.69, 9.17) is 11.6 Å². The molecule has 0 amide bonds. The summed E-state index contributed by atoms with van der Waals surface area (Å²) in [6.07, 6.45) is 0. The van der Waals surface area contributed by atoms with Crippen molar-refractivity contribution >= 4 is 28.5 Å². The molecule has 2 heterocycles. The first-order valence-corrected chi connectivity index (χ1v) is 7.24. The Morgan fingerprint density at radius 3 is 2.38 bits per heavy atom. The molecule has 2 aromatic heterocycles. The number of rotatable bonds is 3. The number of imidazole rings is 1. The van der Waals surface area contributed by atoms with Crippen LogP contribution in [-0.2, 0) is 20.6 Å². The van der Waals surface area contributed by atoms with Gasteiger partial charge in [0.25, 0.3) is 11.2 Å². The van der Waals surface area contributed by atoms with Gasteiger partial charge in [-0.2, -0.15) is 4.98 Å². The topological polar surface area (TPSA) is 105 Å². The van der Waals surface area contributed by atoms with Gasteiger partial charge in [0.15, 0.2) is 11.2 Å². The lowest BCUT2D eigenvalue weighted by atomic mass is 10.2. The first kappa shape index (κ1) is 15.9. The lowest BCUT2D eigenvalue weighted by Crippen LogP contribution is -2.37. The molecule has 0 bridgehead atoms. The molecule has 0 unspecified atom stereocenters. The molecule has 10 heteroatoms. The molecule has 3 rings (SSSR count). The predicted molar refractivity (Wildman–Crippen MR) is 87.4 cm³/mol. The second-order valence-electron chi connectivity index (χ2n) is 5.27. The summed E-state index contributed by atoms with van der Waals surface area (Å²) >= 11 is 6.13. The van der Waals surface area contributed by atoms with Crippen LogP contribution in [0.25, 0.3) is 11.2 Å². The Labute approximate surface area is 139 Å². The van der Waals surface area contributed by atoms with Crippen molar-refractivity contribution in [2.45, 2.75) is 6.54 Å². The van der Waals surface area contributed by atoms with Crippen LogP contribution in [0.1, 0.15) is 5.56 Å². The molecule has 0 aliphatic heterocycles. The van der Waals surface area contributed by atoms with E-state index >= 15 is 0 Å². The molecule has 1 aromatic carbocycles. The van der Waals surface area contributed by atoms with Gasteiger partial charge in [0.1, 0.15) is 0 Å². The monoisotopic (exact) mass is 349 g/mol. The molecule has 0 atom stereocenters. The quantitative estimate of drug-likeness (QED) is 0.399. The minimum absolute atomic E-state index is 0.0290. The van der Waals surface area contributed by atoms with E-state index in [-0.39, 0.29) is 28.7 Å². The van der Waals surface area contributed by atoms with Crippen LogP contribution in [0, 0.1) is 10.1 Å². The SMILES string of the molecule is Cn1c(=O)c2c(nc(Cl)n2Cc2ccc([N+](=O)[O-])cc2)n(C)c1=O. The molecule has 124 valence electrons. The van der Waals surface area contributed by atoms with Gasteiger partial charge in [-0.3, -0.25) is 24.0 Å². The second kappa shape index (κ2) is 5.60. The summed E-state index contributed by atoms with van der Waals surface area (Å²) in [4.78, 5) is 38.7. The van der Waals surface area contributed by atoms with Crippen molar-refractivity contribution in [3.8, 4) is 0 Å². The molecule has 9 nitrogen and oxygen atoms in total. The highest BCUT2D eigenvalue weighted by atomic mass is 35.5. The fourth-order valence-electron chi connectivity index (χ4n) is 2.47. The summed E-state index contributed by atoms with van der Waals surface area (Å²) in [5, 5.41) is 10.8. The summed E-state index contributed by atoms with van der Waals surface area (Å²) < 4.78 is 3.70. The molecule has 0 radical (unpaired) electrons. The van der Waals surface area contributed by atoms with E-state index in [0.29, 0.717) is 5.56 Å². The molecule has 0 saturated heterocycles. The van der Waals surface area contributed by atoms with Gasteiger partial charge >= 0.3 is 5.69 Å². The van der Waals surface area contributed by atoms with Crippen molar-refractivity contribution in [2.24, 2.45) is 14.1 Å². The zero-order valence-electron chi connectivity index (χ0n) is 12.8. The minimum Gasteiger partial charge on any atom is -0.304 e. The van der Waals surface area contributed by atoms with E-state index in [1.807, 2.05) is 0 Å². The van der Waals surface area contributed by atoms with E-state index < -0.39 is 16.2 Å². The number of aromatic nitrogens is 4. The molecule has 0 saturated carbocycles. The first-order valence-electron chi connectivity index (χ1n) is 6.86. The number of nitro groups is 1. The van der Waals surface area contributed by atoms with Crippen LogP contribution < -0.4 is 11.2 Å². The highest BCUT2D eigenvalue weighted by molar-refractivity contribution is 6.29. The van der Waals surface area contributed by atoms with Gasteiger partial charge in [-0.1, -0.05) is 12.1 Å². The van der Waals surface area contributed by atoms with Gasteiger partial charge in [0.05, 0.1) is 11.5 Å². The van der Waals surface area contributed by atoms with E-state index in [1.165, 1.54) is 35.4 Å². The van der Waals surface area contributed by atoms with Crippen molar-refractivity contribution in [3.05, 3.63) is 66.1 Å². The molecule has 24 heavy (non-hydrogen) atoms. The third-order valence-corrected chi connectivity index (χ3v) is 4.08. The number of nitrogens with zero attached hydrogens (tertiary/aromatic N) is 5. The number of hydrogen-bond acceptors (Lipinski definition) is 5. The highest BCUT2D eigenvalue weighted by Gasteiger charge is 2.18. The van der Waals surface area contributed by atoms with Crippen LogP contribution in [0.5, 0.6) is 0 Å². The Kier molecular flexibility index (Phi) is 3.72. The second-order valence-corrected chi connectivity index (χ2v) is 5.61. The molecule has 0 aliphatic rings. The van der Waals surface area contributed by atoms with E-state index in [2.05, 4.69) is 4.98 Å². The van der Waals surface area contributed by atoms with Crippen molar-refractivity contribution < 1.29 is 4.92 Å². The number of nitro benzene ring substituents is 1. The maximum Gasteiger partial charge on any atom is 0.332 e. The van der Waals surface area contributed by atoms with E-state index in [1.54, 1.807) is 12.1 Å². The standard InChI is InChI=1S/C14H12ClN5O4/c1-17-11-10(12(21)18(2)14(17)22)19(13(15)16-11)7-8-3-5-9(6-4-8)20(23)24/h3-6H,7H2,1-2H3. The van der Waals surface area contributed by atoms with Crippen molar-refractivity contribution in [1.82, 2.24) is 18.7 Å². The maximum absolute atomic E-state index is 12.4. The lowest BCUT2D eigenvalue weighted by Gasteiger charge is -2.07. The fraction of sp³-hybridized carbons (Fsp3) is 0.214. The van der Waals surface area contributed by atoms with Crippen molar-refractivity contribution in [3.63, 3.8) is 0 Å². The molecule has 0 aliphatic carbocycles. The van der Waals surface area contributed by atoms with Crippen LogP contribution in [0.2, 0.25) is 5.28 Å². The highest BCUT2D eigenvalue weighted by Crippen LogP contribution is 2.19. The van der Waals surface area contributed by atoms with Crippen LogP contribution >= 0.6 is 11.6 Å². The van der Waals surface area contributed by atoms with Crippen molar-refractivity contribution in [1.29, 1.82) is 0 Å². The van der Waals surface area contributed by atoms with Gasteiger partial charge < -0.3 is 4.57 Å². The van der Waals surface area contributed by atoms with Gasteiger partial charge in [-0.25, -0.2) is 4.79 Å². The Morgan fingerprint density at radius 1 is 1.17 bits per heavy atom. The molecule has 0 spiro atoms. The summed E-state index contributed by atoms with van der Waals surface area (Å²) in [6, 6.07) is 5.89. The van der Waals surface area contributed by atoms with E-state index in [9.17, 15) is 19.7 Å². The zero-order valence-corrected chi connectivity index (χ0v) is 13.5. The van der Waals surface area contributed by atoms with Gasteiger partial charge in [-0.05, 0) is 17.2 Å². The third-order valence-electron chi connectivity index (χ3n) is 3.79.